The largest absolute Gasteiger partial charge is 0.354 e. The summed E-state index contributed by atoms with van der Waals surface area (Å²) in [4.78, 5) is 4.28. The molecule has 2 aromatic rings. The summed E-state index contributed by atoms with van der Waals surface area (Å²) in [6.45, 7) is 3.79. The minimum Gasteiger partial charge on any atom is -0.354 e. The van der Waals surface area contributed by atoms with Crippen LogP contribution in [0.2, 0.25) is 0 Å². The number of aromatic amines is 1. The van der Waals surface area contributed by atoms with Crippen LogP contribution in [-0.2, 0) is 0 Å². The molecule has 0 saturated carbocycles. The molecule has 3 rings (SSSR count). The monoisotopic (exact) mass is 251 g/mol. The fraction of sp³-hybridized carbons (Fsp3) is 0.273. The molecule has 0 saturated heterocycles. The van der Waals surface area contributed by atoms with Crippen LogP contribution in [0.3, 0.4) is 0 Å². The minimum atomic E-state index is 0. The first-order valence-corrected chi connectivity index (χ1v) is 5.33. The summed E-state index contributed by atoms with van der Waals surface area (Å²) in [6.07, 6.45) is 0. The predicted octanol–water partition coefficient (Wildman–Crippen LogP) is 1.66. The normalized spacial score (nSPS) is 14.1. The van der Waals surface area contributed by atoms with Gasteiger partial charge in [0.1, 0.15) is 0 Å². The van der Waals surface area contributed by atoms with Gasteiger partial charge in [0.15, 0.2) is 11.8 Å². The van der Waals surface area contributed by atoms with Crippen molar-refractivity contribution >= 4 is 35.1 Å². The number of benzene rings is 1. The smallest absolute Gasteiger partial charge is 0.197 e. The average Bonchev–Trinajstić information content (AvgIpc) is 2.90. The fourth-order valence-electron chi connectivity index (χ4n) is 1.82. The zero-order valence-electron chi connectivity index (χ0n) is 9.45. The van der Waals surface area contributed by atoms with Crippen molar-refractivity contribution in [2.45, 2.75) is 6.92 Å². The van der Waals surface area contributed by atoms with Crippen molar-refractivity contribution in [3.05, 3.63) is 23.8 Å². The van der Waals surface area contributed by atoms with E-state index in [2.05, 4.69) is 44.9 Å². The SMILES string of the molecule is Cc1ccc2[nH]nc(NC3=NCCN3)c2c1.Cl. The predicted molar refractivity (Wildman–Crippen MR) is 72.0 cm³/mol. The number of hydrogen-bond acceptors (Lipinski definition) is 4. The number of nitrogens with zero attached hydrogens (tertiary/aromatic N) is 2. The van der Waals surface area contributed by atoms with Gasteiger partial charge in [-0.1, -0.05) is 11.6 Å². The molecule has 0 bridgehead atoms. The van der Waals surface area contributed by atoms with E-state index in [1.54, 1.807) is 0 Å². The lowest BCUT2D eigenvalue weighted by Crippen LogP contribution is -2.26. The van der Waals surface area contributed by atoms with Gasteiger partial charge in [-0.3, -0.25) is 10.1 Å². The number of guanidine groups is 1. The summed E-state index contributed by atoms with van der Waals surface area (Å²) in [5.74, 6) is 1.63. The first kappa shape index (κ1) is 11.7. The maximum absolute atomic E-state index is 4.28. The topological polar surface area (TPSA) is 65.1 Å². The third kappa shape index (κ3) is 2.19. The van der Waals surface area contributed by atoms with E-state index in [-0.39, 0.29) is 12.4 Å². The molecule has 0 amide bonds. The molecule has 1 aromatic heterocycles. The van der Waals surface area contributed by atoms with Crippen LogP contribution in [0.25, 0.3) is 10.9 Å². The molecule has 5 nitrogen and oxygen atoms in total. The molecule has 1 aliphatic heterocycles. The highest BCUT2D eigenvalue weighted by Crippen LogP contribution is 2.21. The van der Waals surface area contributed by atoms with Gasteiger partial charge in [-0.15, -0.1) is 12.4 Å². The number of aliphatic imine (C=N–C) groups is 1. The summed E-state index contributed by atoms with van der Waals surface area (Å²) in [5.41, 5.74) is 2.25. The second-order valence-electron chi connectivity index (χ2n) is 3.90. The molecule has 1 aliphatic rings. The molecule has 0 unspecified atom stereocenters. The molecule has 90 valence electrons. The van der Waals surface area contributed by atoms with E-state index in [9.17, 15) is 0 Å². The van der Waals surface area contributed by atoms with Gasteiger partial charge in [-0.25, -0.2) is 0 Å². The van der Waals surface area contributed by atoms with Crippen LogP contribution in [0, 0.1) is 6.92 Å². The van der Waals surface area contributed by atoms with Gasteiger partial charge >= 0.3 is 0 Å². The highest BCUT2D eigenvalue weighted by Gasteiger charge is 2.10. The Labute approximate surface area is 105 Å². The molecule has 17 heavy (non-hydrogen) atoms. The van der Waals surface area contributed by atoms with E-state index in [1.165, 1.54) is 5.56 Å². The van der Waals surface area contributed by atoms with Gasteiger partial charge in [-0.05, 0) is 19.1 Å². The molecule has 0 fully saturated rings. The van der Waals surface area contributed by atoms with E-state index in [1.807, 2.05) is 6.07 Å². The number of rotatable bonds is 1. The number of H-pyrrole nitrogens is 1. The number of anilines is 1. The Kier molecular flexibility index (Phi) is 3.19. The van der Waals surface area contributed by atoms with Crippen molar-refractivity contribution in [1.29, 1.82) is 0 Å². The van der Waals surface area contributed by atoms with E-state index in [0.717, 1.165) is 35.8 Å². The first-order chi connectivity index (χ1) is 7.83. The third-order valence-electron chi connectivity index (χ3n) is 2.63. The highest BCUT2D eigenvalue weighted by molar-refractivity contribution is 6.01. The lowest BCUT2D eigenvalue weighted by molar-refractivity contribution is 0.958. The second kappa shape index (κ2) is 4.63. The molecule has 1 aromatic carbocycles. The summed E-state index contributed by atoms with van der Waals surface area (Å²) in [5, 5.41) is 14.7. The van der Waals surface area contributed by atoms with Crippen LogP contribution >= 0.6 is 12.4 Å². The second-order valence-corrected chi connectivity index (χ2v) is 3.90. The molecule has 0 radical (unpaired) electrons. The van der Waals surface area contributed by atoms with E-state index < -0.39 is 0 Å². The quantitative estimate of drug-likeness (QED) is 0.722. The number of aryl methyl sites for hydroxylation is 1. The van der Waals surface area contributed by atoms with Crippen molar-refractivity contribution < 1.29 is 0 Å². The van der Waals surface area contributed by atoms with Gasteiger partial charge in [-0.2, -0.15) is 5.10 Å². The minimum absolute atomic E-state index is 0. The highest BCUT2D eigenvalue weighted by atomic mass is 35.5. The van der Waals surface area contributed by atoms with E-state index >= 15 is 0 Å². The zero-order chi connectivity index (χ0) is 11.0. The number of halogens is 1. The Morgan fingerprint density at radius 2 is 2.24 bits per heavy atom. The molecule has 0 atom stereocenters. The summed E-state index contributed by atoms with van der Waals surface area (Å²) >= 11 is 0. The number of hydrogen-bond donors (Lipinski definition) is 3. The van der Waals surface area contributed by atoms with Crippen LogP contribution in [0.4, 0.5) is 5.82 Å². The van der Waals surface area contributed by atoms with Crippen LogP contribution < -0.4 is 10.6 Å². The van der Waals surface area contributed by atoms with Crippen LogP contribution in [0.5, 0.6) is 0 Å². The number of fused-ring (bicyclic) bond motifs is 1. The Morgan fingerprint density at radius 1 is 1.35 bits per heavy atom. The summed E-state index contributed by atoms with van der Waals surface area (Å²) in [7, 11) is 0. The average molecular weight is 252 g/mol. The van der Waals surface area contributed by atoms with Gasteiger partial charge in [0.25, 0.3) is 0 Å². The Bertz CT molecular complexity index is 560. The van der Waals surface area contributed by atoms with Crippen molar-refractivity contribution in [3.63, 3.8) is 0 Å². The maximum atomic E-state index is 4.28. The van der Waals surface area contributed by atoms with Gasteiger partial charge in [0.2, 0.25) is 0 Å². The molecular formula is C11H14ClN5. The zero-order valence-corrected chi connectivity index (χ0v) is 10.3. The van der Waals surface area contributed by atoms with E-state index in [0.29, 0.717) is 0 Å². The Morgan fingerprint density at radius 3 is 3.00 bits per heavy atom. The van der Waals surface area contributed by atoms with Gasteiger partial charge < -0.3 is 10.6 Å². The molecule has 0 aliphatic carbocycles. The van der Waals surface area contributed by atoms with Crippen LogP contribution in [-0.4, -0.2) is 29.2 Å². The first-order valence-electron chi connectivity index (χ1n) is 5.33. The summed E-state index contributed by atoms with van der Waals surface area (Å²) < 4.78 is 0. The van der Waals surface area contributed by atoms with Gasteiger partial charge in [0, 0.05) is 11.9 Å². The molecule has 0 spiro atoms. The van der Waals surface area contributed by atoms with Crippen LogP contribution in [0.1, 0.15) is 5.56 Å². The Hall–Kier alpha value is -1.75. The fourth-order valence-corrected chi connectivity index (χ4v) is 1.82. The number of nitrogens with one attached hydrogen (secondary N) is 3. The molecule has 3 N–H and O–H groups in total. The van der Waals surface area contributed by atoms with Gasteiger partial charge in [0.05, 0.1) is 12.1 Å². The third-order valence-corrected chi connectivity index (χ3v) is 2.63. The number of aromatic nitrogens is 2. The van der Waals surface area contributed by atoms with Crippen LogP contribution in [0.15, 0.2) is 23.2 Å². The van der Waals surface area contributed by atoms with Crippen molar-refractivity contribution in [2.75, 3.05) is 18.4 Å². The summed E-state index contributed by atoms with van der Waals surface area (Å²) in [6, 6.07) is 6.21. The molecule has 6 heteroatoms. The molecular weight excluding hydrogens is 238 g/mol. The lowest BCUT2D eigenvalue weighted by Gasteiger charge is -2.03. The maximum Gasteiger partial charge on any atom is 0.197 e. The molecule has 2 heterocycles. The standard InChI is InChI=1S/C11H13N5.ClH/c1-7-2-3-9-8(6-7)10(16-15-9)14-11-12-4-5-13-11;/h2-3,6H,4-5H2,1H3,(H3,12,13,14,15,16);1H. The van der Waals surface area contributed by atoms with Crippen molar-refractivity contribution in [3.8, 4) is 0 Å². The lowest BCUT2D eigenvalue weighted by atomic mass is 10.2. The van der Waals surface area contributed by atoms with Crippen molar-refractivity contribution in [1.82, 2.24) is 15.5 Å². The van der Waals surface area contributed by atoms with E-state index in [4.69, 9.17) is 0 Å². The Balaban J connectivity index is 0.00000108. The van der Waals surface area contributed by atoms with Crippen molar-refractivity contribution in [2.24, 2.45) is 4.99 Å².